The molecule has 38 heavy (non-hydrogen) atoms. The van der Waals surface area contributed by atoms with Crippen LogP contribution in [0.25, 0.3) is 5.76 Å². The number of hydrogen-bond acceptors (Lipinski definition) is 11. The van der Waals surface area contributed by atoms with Gasteiger partial charge in [0.25, 0.3) is 5.91 Å². The van der Waals surface area contributed by atoms with Gasteiger partial charge in [-0.2, -0.15) is 0 Å². The van der Waals surface area contributed by atoms with Gasteiger partial charge in [0.05, 0.1) is 17.9 Å². The maximum Gasteiger partial charge on any atom is 0.328 e. The number of Topliss-reactive ketones (excluding diaryl/α,β-unsaturated/α-hetero) is 2. The number of rotatable bonds is 6. The smallest absolute Gasteiger partial charge is 0.328 e. The van der Waals surface area contributed by atoms with Crippen molar-refractivity contribution in [2.75, 3.05) is 30.9 Å². The molecule has 204 valence electrons. The molecule has 1 fully saturated rings. The first kappa shape index (κ1) is 27.0. The van der Waals surface area contributed by atoms with Gasteiger partial charge in [-0.15, -0.1) is 0 Å². The van der Waals surface area contributed by atoms with Crippen molar-refractivity contribution in [3.8, 4) is 5.75 Å². The zero-order valence-corrected chi connectivity index (χ0v) is 21.5. The third kappa shape index (κ3) is 3.87. The minimum absolute atomic E-state index is 0.0381. The zero-order valence-electron chi connectivity index (χ0n) is 21.5. The molecule has 0 radical (unpaired) electrons. The van der Waals surface area contributed by atoms with Gasteiger partial charge in [-0.1, -0.05) is 0 Å². The lowest BCUT2D eigenvalue weighted by molar-refractivity contribution is -0.147. The molecule has 1 amide bonds. The summed E-state index contributed by atoms with van der Waals surface area (Å²) in [6.07, 6.45) is -0.179. The van der Waals surface area contributed by atoms with E-state index in [0.29, 0.717) is 11.3 Å². The highest BCUT2D eigenvalue weighted by atomic mass is 16.5. The van der Waals surface area contributed by atoms with Crippen molar-refractivity contribution < 1.29 is 44.3 Å². The maximum absolute atomic E-state index is 13.7. The Balaban J connectivity index is 1.89. The molecular formula is C26H31N3O9. The van der Waals surface area contributed by atoms with Gasteiger partial charge < -0.3 is 41.1 Å². The molecule has 0 aromatic heterocycles. The molecule has 3 aliphatic rings. The molecule has 4 rings (SSSR count). The number of benzene rings is 1. The second kappa shape index (κ2) is 9.35. The number of ketones is 2. The predicted molar refractivity (Wildman–Crippen MR) is 135 cm³/mol. The summed E-state index contributed by atoms with van der Waals surface area (Å²) in [5.41, 5.74) is 2.64. The number of phenols is 1. The van der Waals surface area contributed by atoms with Crippen molar-refractivity contribution in [1.82, 2.24) is 0 Å². The van der Waals surface area contributed by atoms with Crippen molar-refractivity contribution in [2.45, 2.75) is 44.8 Å². The Morgan fingerprint density at radius 2 is 1.89 bits per heavy atom. The number of carbonyl (C=O) groups is 4. The Bertz CT molecular complexity index is 1330. The van der Waals surface area contributed by atoms with Crippen LogP contribution >= 0.6 is 0 Å². The number of anilines is 2. The second-order valence-corrected chi connectivity index (χ2v) is 10.1. The van der Waals surface area contributed by atoms with Gasteiger partial charge in [0, 0.05) is 37.7 Å². The monoisotopic (exact) mass is 529 g/mol. The van der Waals surface area contributed by atoms with Crippen LogP contribution < -0.4 is 16.0 Å². The number of aliphatic hydroxyl groups excluding tert-OH is 2. The summed E-state index contributed by atoms with van der Waals surface area (Å²) in [6.45, 7) is 3.36. The molecule has 3 aliphatic carbocycles. The number of carbonyl (C=O) groups excluding carboxylic acids is 4. The van der Waals surface area contributed by atoms with Crippen LogP contribution in [0.4, 0.5) is 11.4 Å². The molecule has 0 spiro atoms. The molecule has 12 nitrogen and oxygen atoms in total. The lowest BCUT2D eigenvalue weighted by Gasteiger charge is -2.46. The van der Waals surface area contributed by atoms with Gasteiger partial charge in [0.2, 0.25) is 5.78 Å². The van der Waals surface area contributed by atoms with Crippen molar-refractivity contribution in [3.05, 3.63) is 34.1 Å². The molecule has 12 heteroatoms. The fourth-order valence-electron chi connectivity index (χ4n) is 5.74. The topological polar surface area (TPSA) is 200 Å². The van der Waals surface area contributed by atoms with Crippen molar-refractivity contribution in [3.63, 3.8) is 0 Å². The lowest BCUT2D eigenvalue weighted by atomic mass is 9.59. The Morgan fingerprint density at radius 3 is 2.47 bits per heavy atom. The van der Waals surface area contributed by atoms with Crippen LogP contribution in [0.15, 0.2) is 23.0 Å². The lowest BCUT2D eigenvalue weighted by Crippen LogP contribution is -2.58. The number of fused-ring (bicyclic) bond motifs is 3. The Hall–Kier alpha value is -4.06. The van der Waals surface area contributed by atoms with E-state index in [1.807, 2.05) is 0 Å². The van der Waals surface area contributed by atoms with Gasteiger partial charge in [0.1, 0.15) is 28.9 Å². The number of nitrogens with one attached hydrogen (secondary N) is 1. The quantitative estimate of drug-likeness (QED) is 0.173. The van der Waals surface area contributed by atoms with Crippen LogP contribution in [0, 0.1) is 11.8 Å². The molecule has 0 bridgehead atoms. The van der Waals surface area contributed by atoms with Crippen LogP contribution in [0.1, 0.15) is 37.8 Å². The zero-order chi connectivity index (χ0) is 28.3. The highest BCUT2D eigenvalue weighted by Gasteiger charge is 2.60. The normalized spacial score (nSPS) is 25.3. The number of nitrogens with two attached hydrogens (primary N) is 1. The fraction of sp³-hybridized carbons (Fsp3) is 0.462. The van der Waals surface area contributed by atoms with Crippen LogP contribution in [-0.2, 0) is 30.3 Å². The number of primary amides is 1. The Kier molecular flexibility index (Phi) is 6.64. The summed E-state index contributed by atoms with van der Waals surface area (Å²) in [6, 6.07) is 0.757. The maximum atomic E-state index is 13.7. The summed E-state index contributed by atoms with van der Waals surface area (Å²) in [4.78, 5) is 51.9. The number of phenolic OH excluding ortho intramolecular Hbond substituents is 1. The summed E-state index contributed by atoms with van der Waals surface area (Å²) < 4.78 is 5.01. The molecular weight excluding hydrogens is 498 g/mol. The van der Waals surface area contributed by atoms with Gasteiger partial charge in [-0.25, -0.2) is 4.79 Å². The average molecular weight is 530 g/mol. The molecule has 4 atom stereocenters. The average Bonchev–Trinajstić information content (AvgIpc) is 2.82. The van der Waals surface area contributed by atoms with E-state index in [4.69, 9.17) is 10.5 Å². The first-order chi connectivity index (χ1) is 17.7. The van der Waals surface area contributed by atoms with E-state index in [9.17, 15) is 39.6 Å². The van der Waals surface area contributed by atoms with E-state index in [0.717, 1.165) is 0 Å². The number of aromatic hydroxyl groups is 1. The summed E-state index contributed by atoms with van der Waals surface area (Å²) in [5, 5.41) is 47.5. The van der Waals surface area contributed by atoms with Crippen LogP contribution in [0.2, 0.25) is 0 Å². The standard InChI is InChI=1S/C26H31N3O9/c1-5-38-25(36)10(2)28-14-9-15(29(3)4)13-7-11-6-12-8-16(30)19(24(27)35)23(34)26(12,37)22(33)17(11)21(32)18(13)20(14)31/h9-12,28,31-32,34,37H,5-8H2,1-4H3,(H2,27,35)/t10?,11-,12+,26+/m1/s1. The van der Waals surface area contributed by atoms with Crippen molar-refractivity contribution in [1.29, 1.82) is 0 Å². The molecule has 0 aliphatic heterocycles. The fourth-order valence-corrected chi connectivity index (χ4v) is 5.74. The highest BCUT2D eigenvalue weighted by molar-refractivity contribution is 6.22. The number of ether oxygens (including phenoxy) is 1. The Labute approximate surface area is 218 Å². The molecule has 7 N–H and O–H groups in total. The number of aliphatic hydroxyl groups is 3. The molecule has 1 unspecified atom stereocenters. The first-order valence-corrected chi connectivity index (χ1v) is 12.2. The SMILES string of the molecule is CCOC(=O)C(C)Nc1cc(N(C)C)c2c(c1O)C(O)=C1C(=O)[C@]3(O)C(O)=C(C(N)=O)C(=O)C[C@@H]3C[C@@H]1C2. The minimum atomic E-state index is -2.64. The minimum Gasteiger partial charge on any atom is -0.508 e. The third-order valence-corrected chi connectivity index (χ3v) is 7.53. The summed E-state index contributed by atoms with van der Waals surface area (Å²) >= 11 is 0. The largest absolute Gasteiger partial charge is 0.508 e. The van der Waals surface area contributed by atoms with Crippen molar-refractivity contribution >= 4 is 40.6 Å². The molecule has 1 saturated carbocycles. The Morgan fingerprint density at radius 1 is 1.24 bits per heavy atom. The number of amides is 1. The van der Waals surface area contributed by atoms with Gasteiger partial charge in [-0.3, -0.25) is 14.4 Å². The third-order valence-electron chi connectivity index (χ3n) is 7.53. The first-order valence-electron chi connectivity index (χ1n) is 12.2. The van der Waals surface area contributed by atoms with Gasteiger partial charge >= 0.3 is 5.97 Å². The summed E-state index contributed by atoms with van der Waals surface area (Å²) in [7, 11) is 3.50. The van der Waals surface area contributed by atoms with E-state index in [-0.39, 0.29) is 42.7 Å². The number of hydrogen-bond donors (Lipinski definition) is 6. The van der Waals surface area contributed by atoms with E-state index in [2.05, 4.69) is 5.32 Å². The van der Waals surface area contributed by atoms with Gasteiger partial charge in [0.15, 0.2) is 11.4 Å². The van der Waals surface area contributed by atoms with E-state index < -0.39 is 69.8 Å². The number of nitrogens with zero attached hydrogens (tertiary/aromatic N) is 1. The highest BCUT2D eigenvalue weighted by Crippen LogP contribution is 2.54. The summed E-state index contributed by atoms with van der Waals surface area (Å²) in [5.74, 6) is -7.54. The van der Waals surface area contributed by atoms with E-state index in [1.165, 1.54) is 6.92 Å². The molecule has 0 heterocycles. The molecule has 1 aromatic rings. The second-order valence-electron chi connectivity index (χ2n) is 10.1. The van der Waals surface area contributed by atoms with Crippen LogP contribution in [0.5, 0.6) is 5.75 Å². The molecule has 1 aromatic carbocycles. The van der Waals surface area contributed by atoms with Gasteiger partial charge in [-0.05, 0) is 44.2 Å². The van der Waals surface area contributed by atoms with Crippen molar-refractivity contribution in [2.24, 2.45) is 17.6 Å². The van der Waals surface area contributed by atoms with E-state index >= 15 is 0 Å². The van der Waals surface area contributed by atoms with Crippen LogP contribution in [-0.4, -0.2) is 76.2 Å². The molecule has 0 saturated heterocycles. The predicted octanol–water partition coefficient (Wildman–Crippen LogP) is 0.853. The number of esters is 1. The van der Waals surface area contributed by atoms with Crippen LogP contribution in [0.3, 0.4) is 0 Å². The van der Waals surface area contributed by atoms with E-state index in [1.54, 1.807) is 32.0 Å².